The maximum atomic E-state index is 13.2. The standard InChI is InChI=1S/C10H9F2N3O/c1-15-6-13-14-10(15)5-16-9-3-2-7(11)4-8(9)12/h2-4,6H,5H2,1H3. The first-order valence-electron chi connectivity index (χ1n) is 4.57. The van der Waals surface area contributed by atoms with E-state index in [0.717, 1.165) is 12.1 Å². The maximum absolute atomic E-state index is 13.2. The van der Waals surface area contributed by atoms with Gasteiger partial charge in [0.1, 0.15) is 18.8 Å². The van der Waals surface area contributed by atoms with Gasteiger partial charge < -0.3 is 9.30 Å². The van der Waals surface area contributed by atoms with Crippen molar-refractivity contribution in [1.82, 2.24) is 14.8 Å². The highest BCUT2D eigenvalue weighted by molar-refractivity contribution is 5.24. The molecule has 0 amide bonds. The summed E-state index contributed by atoms with van der Waals surface area (Å²) in [5.41, 5.74) is 0. The molecule has 1 heterocycles. The molecule has 0 spiro atoms. The topological polar surface area (TPSA) is 39.9 Å². The average Bonchev–Trinajstić information content (AvgIpc) is 2.63. The zero-order valence-electron chi connectivity index (χ0n) is 8.52. The number of aromatic nitrogens is 3. The van der Waals surface area contributed by atoms with Crippen LogP contribution in [0.2, 0.25) is 0 Å². The molecule has 0 aliphatic rings. The van der Waals surface area contributed by atoms with Crippen LogP contribution < -0.4 is 4.74 Å². The quantitative estimate of drug-likeness (QED) is 0.797. The number of nitrogens with zero attached hydrogens (tertiary/aromatic N) is 3. The van der Waals surface area contributed by atoms with Crippen molar-refractivity contribution in [3.05, 3.63) is 42.0 Å². The summed E-state index contributed by atoms with van der Waals surface area (Å²) in [5.74, 6) is -0.821. The second-order valence-electron chi connectivity index (χ2n) is 3.22. The number of halogens is 2. The minimum Gasteiger partial charge on any atom is -0.483 e. The Kier molecular flexibility index (Phi) is 2.80. The molecule has 4 nitrogen and oxygen atoms in total. The summed E-state index contributed by atoms with van der Waals surface area (Å²) < 4.78 is 32.6. The maximum Gasteiger partial charge on any atom is 0.170 e. The number of hydrogen-bond donors (Lipinski definition) is 0. The molecule has 0 aliphatic carbocycles. The summed E-state index contributed by atoms with van der Waals surface area (Å²) in [5, 5.41) is 7.42. The van der Waals surface area contributed by atoms with Gasteiger partial charge in [0.2, 0.25) is 0 Å². The van der Waals surface area contributed by atoms with E-state index in [1.807, 2.05) is 0 Å². The summed E-state index contributed by atoms with van der Waals surface area (Å²) in [4.78, 5) is 0. The van der Waals surface area contributed by atoms with E-state index in [0.29, 0.717) is 5.82 Å². The van der Waals surface area contributed by atoms with E-state index in [9.17, 15) is 8.78 Å². The molecule has 0 bridgehead atoms. The van der Waals surface area contributed by atoms with Crippen LogP contribution in [-0.4, -0.2) is 14.8 Å². The van der Waals surface area contributed by atoms with Crippen LogP contribution in [0.25, 0.3) is 0 Å². The largest absolute Gasteiger partial charge is 0.483 e. The van der Waals surface area contributed by atoms with Crippen LogP contribution in [0, 0.1) is 11.6 Å². The van der Waals surface area contributed by atoms with Crippen molar-refractivity contribution in [3.63, 3.8) is 0 Å². The molecule has 0 fully saturated rings. The average molecular weight is 225 g/mol. The van der Waals surface area contributed by atoms with E-state index < -0.39 is 11.6 Å². The van der Waals surface area contributed by atoms with Gasteiger partial charge in [-0.2, -0.15) is 0 Å². The molecule has 1 aromatic heterocycles. The molecule has 0 saturated carbocycles. The molecule has 0 radical (unpaired) electrons. The van der Waals surface area contributed by atoms with Crippen LogP contribution in [0.1, 0.15) is 5.82 Å². The smallest absolute Gasteiger partial charge is 0.170 e. The molecular weight excluding hydrogens is 216 g/mol. The Morgan fingerprint density at radius 1 is 1.38 bits per heavy atom. The third kappa shape index (κ3) is 2.16. The Labute approximate surface area is 90.5 Å². The van der Waals surface area contributed by atoms with Crippen LogP contribution in [0.5, 0.6) is 5.75 Å². The molecule has 2 aromatic rings. The van der Waals surface area contributed by atoms with Crippen LogP contribution in [-0.2, 0) is 13.7 Å². The Hall–Kier alpha value is -1.98. The van der Waals surface area contributed by atoms with E-state index >= 15 is 0 Å². The highest BCUT2D eigenvalue weighted by atomic mass is 19.1. The SMILES string of the molecule is Cn1cnnc1COc1ccc(F)cc1F. The first-order valence-corrected chi connectivity index (χ1v) is 4.57. The van der Waals surface area contributed by atoms with Gasteiger partial charge in [-0.25, -0.2) is 8.78 Å². The van der Waals surface area contributed by atoms with E-state index in [2.05, 4.69) is 10.2 Å². The number of hydrogen-bond acceptors (Lipinski definition) is 3. The number of aryl methyl sites for hydroxylation is 1. The first-order chi connectivity index (χ1) is 7.66. The molecular formula is C10H9F2N3O. The van der Waals surface area contributed by atoms with Crippen LogP contribution in [0.4, 0.5) is 8.78 Å². The van der Waals surface area contributed by atoms with Crippen molar-refractivity contribution < 1.29 is 13.5 Å². The number of benzene rings is 1. The summed E-state index contributed by atoms with van der Waals surface area (Å²) in [6.45, 7) is 0.0824. The van der Waals surface area contributed by atoms with Gasteiger partial charge in [0.25, 0.3) is 0 Å². The Morgan fingerprint density at radius 3 is 2.81 bits per heavy atom. The molecule has 6 heteroatoms. The van der Waals surface area contributed by atoms with Crippen molar-refractivity contribution in [2.45, 2.75) is 6.61 Å². The fraction of sp³-hybridized carbons (Fsp3) is 0.200. The molecule has 0 saturated heterocycles. The van der Waals surface area contributed by atoms with Crippen LogP contribution in [0.3, 0.4) is 0 Å². The zero-order chi connectivity index (χ0) is 11.5. The Morgan fingerprint density at radius 2 is 2.19 bits per heavy atom. The van der Waals surface area contributed by atoms with Crippen molar-refractivity contribution in [1.29, 1.82) is 0 Å². The highest BCUT2D eigenvalue weighted by Gasteiger charge is 2.07. The Balaban J connectivity index is 2.08. The van der Waals surface area contributed by atoms with Crippen molar-refractivity contribution in [3.8, 4) is 5.75 Å². The third-order valence-corrected chi connectivity index (χ3v) is 2.06. The number of ether oxygens (including phenoxy) is 1. The van der Waals surface area contributed by atoms with E-state index in [1.165, 1.54) is 12.4 Å². The lowest BCUT2D eigenvalue weighted by atomic mass is 10.3. The highest BCUT2D eigenvalue weighted by Crippen LogP contribution is 2.18. The van der Waals surface area contributed by atoms with Gasteiger partial charge in [-0.15, -0.1) is 10.2 Å². The number of rotatable bonds is 3. The predicted octanol–water partition coefficient (Wildman–Crippen LogP) is 1.67. The molecule has 0 N–H and O–H groups in total. The van der Waals surface area contributed by atoms with Crippen LogP contribution in [0.15, 0.2) is 24.5 Å². The van der Waals surface area contributed by atoms with Gasteiger partial charge in [-0.05, 0) is 12.1 Å². The van der Waals surface area contributed by atoms with Gasteiger partial charge in [0.05, 0.1) is 0 Å². The minimum absolute atomic E-state index is 0.00981. The first kappa shape index (κ1) is 10.5. The lowest BCUT2D eigenvalue weighted by Gasteiger charge is -2.06. The van der Waals surface area contributed by atoms with Crippen molar-refractivity contribution in [2.75, 3.05) is 0 Å². The summed E-state index contributed by atoms with van der Waals surface area (Å²) >= 11 is 0. The molecule has 0 unspecified atom stereocenters. The van der Waals surface area contributed by atoms with Crippen LogP contribution >= 0.6 is 0 Å². The van der Waals surface area contributed by atoms with Gasteiger partial charge in [-0.1, -0.05) is 0 Å². The van der Waals surface area contributed by atoms with Gasteiger partial charge in [0, 0.05) is 13.1 Å². The van der Waals surface area contributed by atoms with E-state index in [-0.39, 0.29) is 12.4 Å². The van der Waals surface area contributed by atoms with Crippen molar-refractivity contribution >= 4 is 0 Å². The van der Waals surface area contributed by atoms with E-state index in [4.69, 9.17) is 4.74 Å². The zero-order valence-corrected chi connectivity index (χ0v) is 8.52. The van der Waals surface area contributed by atoms with Crippen molar-refractivity contribution in [2.24, 2.45) is 7.05 Å². The normalized spacial score (nSPS) is 10.4. The second kappa shape index (κ2) is 4.26. The predicted molar refractivity (Wildman–Crippen MR) is 51.7 cm³/mol. The lowest BCUT2D eigenvalue weighted by Crippen LogP contribution is -2.04. The lowest BCUT2D eigenvalue weighted by molar-refractivity contribution is 0.276. The van der Waals surface area contributed by atoms with Gasteiger partial charge in [0.15, 0.2) is 17.4 Å². The van der Waals surface area contributed by atoms with Gasteiger partial charge in [-0.3, -0.25) is 0 Å². The molecule has 2 rings (SSSR count). The molecule has 0 aliphatic heterocycles. The monoisotopic (exact) mass is 225 g/mol. The van der Waals surface area contributed by atoms with Gasteiger partial charge >= 0.3 is 0 Å². The van der Waals surface area contributed by atoms with E-state index in [1.54, 1.807) is 11.6 Å². The summed E-state index contributed by atoms with van der Waals surface area (Å²) in [6, 6.07) is 3.14. The fourth-order valence-electron chi connectivity index (χ4n) is 1.17. The fourth-order valence-corrected chi connectivity index (χ4v) is 1.17. The minimum atomic E-state index is -0.734. The summed E-state index contributed by atoms with van der Waals surface area (Å²) in [7, 11) is 1.75. The molecule has 84 valence electrons. The molecule has 16 heavy (non-hydrogen) atoms. The molecule has 1 aromatic carbocycles. The molecule has 0 atom stereocenters. The Bertz CT molecular complexity index is 499. The second-order valence-corrected chi connectivity index (χ2v) is 3.22. The summed E-state index contributed by atoms with van der Waals surface area (Å²) in [6.07, 6.45) is 1.51. The third-order valence-electron chi connectivity index (χ3n) is 2.06.